The maximum Gasteiger partial charge on any atom is 0.254 e. The fourth-order valence-corrected chi connectivity index (χ4v) is 4.97. The molecule has 34 heavy (non-hydrogen) atoms. The van der Waals surface area contributed by atoms with Gasteiger partial charge >= 0.3 is 0 Å². The molecular weight excluding hydrogens is 424 g/mol. The van der Waals surface area contributed by atoms with Crippen LogP contribution in [-0.4, -0.2) is 63.4 Å². The maximum absolute atomic E-state index is 12.9. The molecular formula is C28H32N4O2. The molecule has 0 aliphatic carbocycles. The van der Waals surface area contributed by atoms with E-state index < -0.39 is 0 Å². The third kappa shape index (κ3) is 4.87. The van der Waals surface area contributed by atoms with Gasteiger partial charge in [-0.05, 0) is 42.0 Å². The lowest BCUT2D eigenvalue weighted by Crippen LogP contribution is -2.56. The van der Waals surface area contributed by atoms with Crippen molar-refractivity contribution in [1.82, 2.24) is 10.2 Å². The molecule has 3 aromatic carbocycles. The van der Waals surface area contributed by atoms with E-state index in [-0.39, 0.29) is 12.1 Å². The van der Waals surface area contributed by atoms with Crippen LogP contribution in [0, 0.1) is 0 Å². The average Bonchev–Trinajstić information content (AvgIpc) is 2.89. The number of rotatable bonds is 7. The highest BCUT2D eigenvalue weighted by Gasteiger charge is 2.31. The topological polar surface area (TPSA) is 48.1 Å². The van der Waals surface area contributed by atoms with Gasteiger partial charge in [-0.3, -0.25) is 9.69 Å². The fourth-order valence-electron chi connectivity index (χ4n) is 4.97. The van der Waals surface area contributed by atoms with Gasteiger partial charge in [0.1, 0.15) is 11.9 Å². The molecule has 1 N–H and O–H groups in total. The zero-order valence-corrected chi connectivity index (χ0v) is 19.7. The number of benzene rings is 3. The van der Waals surface area contributed by atoms with E-state index >= 15 is 0 Å². The number of methoxy groups -OCH3 is 1. The number of amides is 1. The molecule has 2 heterocycles. The van der Waals surface area contributed by atoms with E-state index in [0.717, 1.165) is 68.3 Å². The fraction of sp³-hybridized carbons (Fsp3) is 0.321. The number of para-hydroxylation sites is 2. The molecule has 0 radical (unpaired) electrons. The molecule has 5 rings (SSSR count). The Hall–Kier alpha value is -3.51. The highest BCUT2D eigenvalue weighted by molar-refractivity contribution is 6.02. The van der Waals surface area contributed by atoms with Gasteiger partial charge in [0.25, 0.3) is 5.91 Å². The van der Waals surface area contributed by atoms with Gasteiger partial charge in [-0.25, -0.2) is 0 Å². The molecule has 2 aliphatic rings. The number of ether oxygens (including phenoxy) is 1. The minimum absolute atomic E-state index is 0.00350. The van der Waals surface area contributed by atoms with Gasteiger partial charge < -0.3 is 19.9 Å². The smallest absolute Gasteiger partial charge is 0.254 e. The van der Waals surface area contributed by atoms with Crippen molar-refractivity contribution in [2.45, 2.75) is 12.6 Å². The largest absolute Gasteiger partial charge is 0.497 e. The van der Waals surface area contributed by atoms with Gasteiger partial charge in [0.2, 0.25) is 0 Å². The standard InChI is InChI=1S/C28H32N4O2/c1-34-24-11-7-8-22(20-24)21-27-29-28(33)25-12-5-6-13-26(25)32(27)19-16-30-14-17-31(18-15-30)23-9-3-2-4-10-23/h2-13,20,27H,14-19,21H2,1H3,(H,29,33). The Balaban J connectivity index is 1.28. The summed E-state index contributed by atoms with van der Waals surface area (Å²) >= 11 is 0. The number of carbonyl (C=O) groups excluding carboxylic acids is 1. The van der Waals surface area contributed by atoms with Crippen LogP contribution < -0.4 is 19.9 Å². The van der Waals surface area contributed by atoms with Crippen molar-refractivity contribution >= 4 is 17.3 Å². The molecule has 1 amide bonds. The SMILES string of the molecule is COc1cccc(CC2NC(=O)c3ccccc3N2CCN2CCN(c3ccccc3)CC2)c1. The lowest BCUT2D eigenvalue weighted by molar-refractivity contribution is 0.0925. The number of piperazine rings is 1. The monoisotopic (exact) mass is 456 g/mol. The average molecular weight is 457 g/mol. The molecule has 3 aromatic rings. The van der Waals surface area contributed by atoms with Crippen molar-refractivity contribution in [2.75, 3.05) is 56.2 Å². The normalized spacial score (nSPS) is 18.4. The van der Waals surface area contributed by atoms with Crippen molar-refractivity contribution in [3.63, 3.8) is 0 Å². The molecule has 0 aromatic heterocycles. The van der Waals surface area contributed by atoms with Crippen molar-refractivity contribution in [3.05, 3.63) is 90.0 Å². The van der Waals surface area contributed by atoms with Crippen molar-refractivity contribution in [1.29, 1.82) is 0 Å². The van der Waals surface area contributed by atoms with E-state index in [2.05, 4.69) is 62.5 Å². The van der Waals surface area contributed by atoms with Crippen LogP contribution in [0.15, 0.2) is 78.9 Å². The Morgan fingerprint density at radius 1 is 0.882 bits per heavy atom. The molecule has 1 fully saturated rings. The van der Waals surface area contributed by atoms with Crippen LogP contribution in [0.4, 0.5) is 11.4 Å². The lowest BCUT2D eigenvalue weighted by atomic mass is 10.0. The molecule has 6 nitrogen and oxygen atoms in total. The predicted octanol–water partition coefficient (Wildman–Crippen LogP) is 3.64. The predicted molar refractivity (Wildman–Crippen MR) is 137 cm³/mol. The third-order valence-corrected chi connectivity index (χ3v) is 6.85. The molecule has 176 valence electrons. The first-order chi connectivity index (χ1) is 16.7. The second-order valence-electron chi connectivity index (χ2n) is 8.92. The summed E-state index contributed by atoms with van der Waals surface area (Å²) in [5, 5.41) is 3.24. The first-order valence-electron chi connectivity index (χ1n) is 12.0. The first-order valence-corrected chi connectivity index (χ1v) is 12.0. The Morgan fingerprint density at radius 3 is 2.44 bits per heavy atom. The molecule has 6 heteroatoms. The van der Waals surface area contributed by atoms with Crippen LogP contribution in [0.2, 0.25) is 0 Å². The van der Waals surface area contributed by atoms with Crippen LogP contribution >= 0.6 is 0 Å². The van der Waals surface area contributed by atoms with Gasteiger partial charge in [0, 0.05) is 51.4 Å². The summed E-state index contributed by atoms with van der Waals surface area (Å²) in [7, 11) is 1.68. The third-order valence-electron chi connectivity index (χ3n) is 6.85. The number of carbonyl (C=O) groups is 1. The Bertz CT molecular complexity index is 1110. The molecule has 1 unspecified atom stereocenters. The highest BCUT2D eigenvalue weighted by Crippen LogP contribution is 2.28. The van der Waals surface area contributed by atoms with Crippen molar-refractivity contribution in [3.8, 4) is 5.75 Å². The number of hydrogen-bond acceptors (Lipinski definition) is 5. The van der Waals surface area contributed by atoms with Gasteiger partial charge in [-0.2, -0.15) is 0 Å². The van der Waals surface area contributed by atoms with Crippen LogP contribution in [0.5, 0.6) is 5.75 Å². The van der Waals surface area contributed by atoms with Crippen molar-refractivity contribution < 1.29 is 9.53 Å². The molecule has 1 atom stereocenters. The number of nitrogens with zero attached hydrogens (tertiary/aromatic N) is 3. The van der Waals surface area contributed by atoms with E-state index in [1.807, 2.05) is 36.4 Å². The number of fused-ring (bicyclic) bond motifs is 1. The highest BCUT2D eigenvalue weighted by atomic mass is 16.5. The van der Waals surface area contributed by atoms with E-state index in [9.17, 15) is 4.79 Å². The van der Waals surface area contributed by atoms with Crippen molar-refractivity contribution in [2.24, 2.45) is 0 Å². The van der Waals surface area contributed by atoms with Crippen LogP contribution in [0.25, 0.3) is 0 Å². The molecule has 2 aliphatic heterocycles. The molecule has 0 spiro atoms. The van der Waals surface area contributed by atoms with E-state index in [0.29, 0.717) is 0 Å². The van der Waals surface area contributed by atoms with Gasteiger partial charge in [-0.15, -0.1) is 0 Å². The number of hydrogen-bond donors (Lipinski definition) is 1. The van der Waals surface area contributed by atoms with E-state index in [1.165, 1.54) is 5.69 Å². The second kappa shape index (κ2) is 10.2. The Kier molecular flexibility index (Phi) is 6.67. The zero-order chi connectivity index (χ0) is 23.3. The van der Waals surface area contributed by atoms with E-state index in [1.54, 1.807) is 7.11 Å². The van der Waals surface area contributed by atoms with Crippen LogP contribution in [0.1, 0.15) is 15.9 Å². The second-order valence-corrected chi connectivity index (χ2v) is 8.92. The van der Waals surface area contributed by atoms with Crippen LogP contribution in [-0.2, 0) is 6.42 Å². The van der Waals surface area contributed by atoms with E-state index in [4.69, 9.17) is 4.74 Å². The summed E-state index contributed by atoms with van der Waals surface area (Å²) < 4.78 is 5.40. The number of anilines is 2. The molecule has 1 saturated heterocycles. The summed E-state index contributed by atoms with van der Waals surface area (Å²) in [6.45, 7) is 5.96. The minimum atomic E-state index is -0.0971. The van der Waals surface area contributed by atoms with Gasteiger partial charge in [0.05, 0.1) is 18.4 Å². The first kappa shape index (κ1) is 22.3. The zero-order valence-electron chi connectivity index (χ0n) is 19.7. The molecule has 0 bridgehead atoms. The minimum Gasteiger partial charge on any atom is -0.497 e. The maximum atomic E-state index is 12.9. The summed E-state index contributed by atoms with van der Waals surface area (Å²) in [4.78, 5) is 20.2. The lowest BCUT2D eigenvalue weighted by Gasteiger charge is -2.41. The number of nitrogens with one attached hydrogen (secondary N) is 1. The van der Waals surface area contributed by atoms with Crippen LogP contribution in [0.3, 0.4) is 0 Å². The Morgan fingerprint density at radius 2 is 1.65 bits per heavy atom. The summed E-state index contributed by atoms with van der Waals surface area (Å²) in [5.74, 6) is 0.832. The summed E-state index contributed by atoms with van der Waals surface area (Å²) in [6, 6.07) is 26.7. The summed E-state index contributed by atoms with van der Waals surface area (Å²) in [5.41, 5.74) is 4.21. The summed E-state index contributed by atoms with van der Waals surface area (Å²) in [6.07, 6.45) is 0.624. The Labute approximate surface area is 201 Å². The molecule has 0 saturated carbocycles. The van der Waals surface area contributed by atoms with Gasteiger partial charge in [0.15, 0.2) is 0 Å². The van der Waals surface area contributed by atoms with Gasteiger partial charge in [-0.1, -0.05) is 42.5 Å². The quantitative estimate of drug-likeness (QED) is 0.588.